The van der Waals surface area contributed by atoms with Crippen molar-refractivity contribution >= 4 is 27.4 Å². The first kappa shape index (κ1) is 12.4. The van der Waals surface area contributed by atoms with Crippen LogP contribution in [0.5, 0.6) is 0 Å². The molecule has 1 saturated carbocycles. The van der Waals surface area contributed by atoms with Gasteiger partial charge in [0.1, 0.15) is 0 Å². The Kier molecular flexibility index (Phi) is 3.67. The van der Waals surface area contributed by atoms with Crippen LogP contribution in [-0.4, -0.2) is 18.4 Å². The molecule has 0 atom stereocenters. The molecule has 90 valence electrons. The molecule has 1 aliphatic rings. The van der Waals surface area contributed by atoms with Crippen LogP contribution >= 0.6 is 15.9 Å². The molecule has 0 spiro atoms. The third kappa shape index (κ3) is 2.78. The highest BCUT2D eigenvalue weighted by Crippen LogP contribution is 2.33. The highest BCUT2D eigenvalue weighted by atomic mass is 79.9. The molecule has 1 aromatic rings. The van der Waals surface area contributed by atoms with E-state index in [1.807, 2.05) is 24.3 Å². The number of Topliss-reactive ketones (excluding diaryl/α,β-unsaturated/α-hetero) is 1. The van der Waals surface area contributed by atoms with E-state index in [4.69, 9.17) is 0 Å². The first-order valence-corrected chi connectivity index (χ1v) is 6.61. The number of carbonyl (C=O) groups is 1. The summed E-state index contributed by atoms with van der Waals surface area (Å²) in [6.07, 6.45) is 4.42. The number of nitrogens with zero attached hydrogens (tertiary/aromatic N) is 1. The Bertz CT molecular complexity index is 452. The van der Waals surface area contributed by atoms with E-state index in [1.54, 1.807) is 6.92 Å². The summed E-state index contributed by atoms with van der Waals surface area (Å²) in [5.74, 6) is 0.0881. The minimum absolute atomic E-state index is 0.0881. The molecule has 1 aromatic carbocycles. The average Bonchev–Trinajstić information content (AvgIpc) is 3.09. The van der Waals surface area contributed by atoms with Crippen LogP contribution < -0.4 is 4.90 Å². The molecule has 2 nitrogen and oxygen atoms in total. The van der Waals surface area contributed by atoms with Crippen molar-refractivity contribution in [3.63, 3.8) is 0 Å². The number of rotatable bonds is 5. The number of anilines is 1. The van der Waals surface area contributed by atoms with E-state index in [1.165, 1.54) is 12.8 Å². The molecular formula is C14H16BrNO. The summed E-state index contributed by atoms with van der Waals surface area (Å²) in [5.41, 5.74) is 1.90. The van der Waals surface area contributed by atoms with Gasteiger partial charge in [0.15, 0.2) is 5.78 Å². The topological polar surface area (TPSA) is 20.3 Å². The monoisotopic (exact) mass is 293 g/mol. The summed E-state index contributed by atoms with van der Waals surface area (Å²) in [4.78, 5) is 13.7. The minimum atomic E-state index is 0.0881. The lowest BCUT2D eigenvalue weighted by atomic mass is 10.1. The first-order chi connectivity index (χ1) is 8.13. The Balaban J connectivity index is 2.28. The molecule has 0 heterocycles. The van der Waals surface area contributed by atoms with Crippen molar-refractivity contribution in [3.8, 4) is 0 Å². The van der Waals surface area contributed by atoms with Crippen molar-refractivity contribution in [2.24, 2.45) is 0 Å². The van der Waals surface area contributed by atoms with Gasteiger partial charge < -0.3 is 4.90 Å². The molecule has 2 rings (SSSR count). The minimum Gasteiger partial charge on any atom is -0.365 e. The molecule has 0 amide bonds. The molecule has 17 heavy (non-hydrogen) atoms. The van der Waals surface area contributed by atoms with Crippen LogP contribution in [0.1, 0.15) is 30.1 Å². The number of carbonyl (C=O) groups excluding carboxylic acids is 1. The zero-order valence-corrected chi connectivity index (χ0v) is 11.5. The second kappa shape index (κ2) is 5.05. The van der Waals surface area contributed by atoms with Gasteiger partial charge in [0.2, 0.25) is 0 Å². The quantitative estimate of drug-likeness (QED) is 0.608. The Labute approximate surface area is 110 Å². The number of ketones is 1. The maximum atomic E-state index is 11.4. The molecule has 0 unspecified atom stereocenters. The Morgan fingerprint density at radius 2 is 2.29 bits per heavy atom. The van der Waals surface area contributed by atoms with Crippen molar-refractivity contribution < 1.29 is 4.79 Å². The van der Waals surface area contributed by atoms with Gasteiger partial charge in [-0.1, -0.05) is 6.08 Å². The molecule has 0 radical (unpaired) electrons. The fourth-order valence-corrected chi connectivity index (χ4v) is 2.60. The summed E-state index contributed by atoms with van der Waals surface area (Å²) in [6.45, 7) is 6.24. The van der Waals surface area contributed by atoms with Crippen LogP contribution in [0.3, 0.4) is 0 Å². The van der Waals surface area contributed by atoms with Gasteiger partial charge in [-0.25, -0.2) is 0 Å². The molecule has 0 aromatic heterocycles. The Morgan fingerprint density at radius 1 is 1.59 bits per heavy atom. The molecule has 0 aliphatic heterocycles. The van der Waals surface area contributed by atoms with Gasteiger partial charge in [0.05, 0.1) is 0 Å². The number of hydrogen-bond acceptors (Lipinski definition) is 2. The van der Waals surface area contributed by atoms with E-state index in [2.05, 4.69) is 27.4 Å². The fourth-order valence-electron chi connectivity index (χ4n) is 1.96. The van der Waals surface area contributed by atoms with Crippen molar-refractivity contribution in [1.82, 2.24) is 0 Å². The van der Waals surface area contributed by atoms with E-state index in [0.717, 1.165) is 22.3 Å². The zero-order chi connectivity index (χ0) is 12.4. The van der Waals surface area contributed by atoms with Crippen molar-refractivity contribution in [3.05, 3.63) is 40.9 Å². The summed E-state index contributed by atoms with van der Waals surface area (Å²) in [7, 11) is 0. The summed E-state index contributed by atoms with van der Waals surface area (Å²) in [5, 5.41) is 0. The van der Waals surface area contributed by atoms with Crippen LogP contribution in [-0.2, 0) is 0 Å². The van der Waals surface area contributed by atoms with Gasteiger partial charge >= 0.3 is 0 Å². The number of benzene rings is 1. The van der Waals surface area contributed by atoms with E-state index in [0.29, 0.717) is 6.04 Å². The summed E-state index contributed by atoms with van der Waals surface area (Å²) >= 11 is 3.46. The predicted molar refractivity (Wildman–Crippen MR) is 74.7 cm³/mol. The number of hydrogen-bond donors (Lipinski definition) is 0. The lowest BCUT2D eigenvalue weighted by molar-refractivity contribution is 0.101. The molecular weight excluding hydrogens is 278 g/mol. The summed E-state index contributed by atoms with van der Waals surface area (Å²) in [6, 6.07) is 6.57. The highest BCUT2D eigenvalue weighted by Gasteiger charge is 2.28. The van der Waals surface area contributed by atoms with Crippen LogP contribution in [0.25, 0.3) is 0 Å². The second-order valence-corrected chi connectivity index (χ2v) is 5.25. The smallest absolute Gasteiger partial charge is 0.160 e. The zero-order valence-electron chi connectivity index (χ0n) is 9.95. The molecule has 1 fully saturated rings. The van der Waals surface area contributed by atoms with Crippen molar-refractivity contribution in [2.75, 3.05) is 11.4 Å². The SMILES string of the molecule is C=CCN(c1ccc(C(C)=O)c(Br)c1)C1CC1. The molecule has 3 heteroatoms. The van der Waals surface area contributed by atoms with E-state index in [-0.39, 0.29) is 5.78 Å². The van der Waals surface area contributed by atoms with Gasteiger partial charge in [-0.05, 0) is 53.9 Å². The van der Waals surface area contributed by atoms with Crippen LogP contribution in [0.2, 0.25) is 0 Å². The average molecular weight is 294 g/mol. The summed E-state index contributed by atoms with van der Waals surface area (Å²) < 4.78 is 0.872. The molecule has 0 N–H and O–H groups in total. The Morgan fingerprint density at radius 3 is 2.76 bits per heavy atom. The van der Waals surface area contributed by atoms with Crippen LogP contribution in [0.15, 0.2) is 35.3 Å². The Hall–Kier alpha value is -1.09. The maximum Gasteiger partial charge on any atom is 0.160 e. The number of halogens is 1. The lowest BCUT2D eigenvalue weighted by Gasteiger charge is -2.23. The van der Waals surface area contributed by atoms with E-state index in [9.17, 15) is 4.79 Å². The van der Waals surface area contributed by atoms with Gasteiger partial charge in [0.25, 0.3) is 0 Å². The molecule has 1 aliphatic carbocycles. The standard InChI is InChI=1S/C14H16BrNO/c1-3-8-16(11-4-5-11)12-6-7-13(10(2)17)14(15)9-12/h3,6-7,9,11H,1,4-5,8H2,2H3. The van der Waals surface area contributed by atoms with Crippen molar-refractivity contribution in [2.45, 2.75) is 25.8 Å². The van der Waals surface area contributed by atoms with Crippen molar-refractivity contribution in [1.29, 1.82) is 0 Å². The highest BCUT2D eigenvalue weighted by molar-refractivity contribution is 9.10. The second-order valence-electron chi connectivity index (χ2n) is 4.39. The van der Waals surface area contributed by atoms with Gasteiger partial charge in [0, 0.05) is 28.3 Å². The van der Waals surface area contributed by atoms with Crippen LogP contribution in [0, 0.1) is 0 Å². The normalized spacial score (nSPS) is 14.5. The third-order valence-electron chi connectivity index (χ3n) is 2.98. The largest absolute Gasteiger partial charge is 0.365 e. The fraction of sp³-hybridized carbons (Fsp3) is 0.357. The van der Waals surface area contributed by atoms with E-state index >= 15 is 0 Å². The first-order valence-electron chi connectivity index (χ1n) is 5.81. The van der Waals surface area contributed by atoms with Gasteiger partial charge in [-0.3, -0.25) is 4.79 Å². The van der Waals surface area contributed by atoms with Gasteiger partial charge in [-0.2, -0.15) is 0 Å². The van der Waals surface area contributed by atoms with Crippen LogP contribution in [0.4, 0.5) is 5.69 Å². The predicted octanol–water partition coefficient (Wildman–Crippen LogP) is 3.81. The molecule has 0 bridgehead atoms. The van der Waals surface area contributed by atoms with E-state index < -0.39 is 0 Å². The maximum absolute atomic E-state index is 11.4. The third-order valence-corrected chi connectivity index (χ3v) is 3.63. The lowest BCUT2D eigenvalue weighted by Crippen LogP contribution is -2.25. The molecule has 0 saturated heterocycles. The van der Waals surface area contributed by atoms with Gasteiger partial charge in [-0.15, -0.1) is 6.58 Å².